The first-order valence-corrected chi connectivity index (χ1v) is 6.70. The summed E-state index contributed by atoms with van der Waals surface area (Å²) in [6.45, 7) is 1.70. The van der Waals surface area contributed by atoms with Gasteiger partial charge in [-0.05, 0) is 46.6 Å². The normalized spacial score (nSPS) is 11.2. The summed E-state index contributed by atoms with van der Waals surface area (Å²) in [5.74, 6) is -0.373. The molecule has 8 heteroatoms. The first-order chi connectivity index (χ1) is 9.97. The predicted molar refractivity (Wildman–Crippen MR) is 81.3 cm³/mol. The highest BCUT2D eigenvalue weighted by Crippen LogP contribution is 2.13. The molecule has 0 aliphatic carbocycles. The molecule has 108 valence electrons. The van der Waals surface area contributed by atoms with Gasteiger partial charge < -0.3 is 4.98 Å². The number of hydrazone groups is 1. The second kappa shape index (κ2) is 6.31. The minimum atomic E-state index is -0.471. The molecule has 0 spiro atoms. The zero-order valence-electron chi connectivity index (χ0n) is 11.0. The monoisotopic (exact) mass is 350 g/mol. The molecule has 0 aliphatic heterocycles. The average Bonchev–Trinajstić information content (AvgIpc) is 2.91. The van der Waals surface area contributed by atoms with Gasteiger partial charge in [0, 0.05) is 22.8 Å². The summed E-state index contributed by atoms with van der Waals surface area (Å²) in [4.78, 5) is 24.7. The van der Waals surface area contributed by atoms with Gasteiger partial charge >= 0.3 is 0 Å². The van der Waals surface area contributed by atoms with Crippen LogP contribution in [0.4, 0.5) is 5.69 Å². The summed E-state index contributed by atoms with van der Waals surface area (Å²) in [5, 5.41) is 14.5. The van der Waals surface area contributed by atoms with Crippen LogP contribution in [0, 0.1) is 10.1 Å². The number of nitrogens with one attached hydrogen (secondary N) is 2. The van der Waals surface area contributed by atoms with Crippen molar-refractivity contribution < 1.29 is 9.72 Å². The molecule has 0 aliphatic rings. The van der Waals surface area contributed by atoms with Crippen molar-refractivity contribution in [3.8, 4) is 0 Å². The number of benzene rings is 1. The Morgan fingerprint density at radius 2 is 2.05 bits per heavy atom. The molecule has 0 fully saturated rings. The van der Waals surface area contributed by atoms with Crippen LogP contribution in [0.25, 0.3) is 0 Å². The van der Waals surface area contributed by atoms with Crippen LogP contribution in [0.1, 0.15) is 23.0 Å². The second-order valence-corrected chi connectivity index (χ2v) is 5.09. The van der Waals surface area contributed by atoms with Gasteiger partial charge in [0.15, 0.2) is 0 Å². The molecule has 0 saturated heterocycles. The Balaban J connectivity index is 2.07. The Kier molecular flexibility index (Phi) is 4.49. The largest absolute Gasteiger partial charge is 0.356 e. The molecule has 0 saturated carbocycles. The lowest BCUT2D eigenvalue weighted by atomic mass is 10.1. The lowest BCUT2D eigenvalue weighted by molar-refractivity contribution is -0.384. The number of nitro benzene ring substituents is 1. The Bertz CT molecular complexity index is 706. The smallest absolute Gasteiger partial charge is 0.287 e. The van der Waals surface area contributed by atoms with Gasteiger partial charge in [0.1, 0.15) is 5.69 Å². The highest BCUT2D eigenvalue weighted by atomic mass is 79.9. The van der Waals surface area contributed by atoms with Crippen molar-refractivity contribution in [3.63, 3.8) is 0 Å². The van der Waals surface area contributed by atoms with Gasteiger partial charge in [-0.15, -0.1) is 0 Å². The number of aromatic nitrogens is 1. The van der Waals surface area contributed by atoms with E-state index >= 15 is 0 Å². The van der Waals surface area contributed by atoms with Gasteiger partial charge in [-0.2, -0.15) is 5.10 Å². The summed E-state index contributed by atoms with van der Waals surface area (Å²) < 4.78 is 0.767. The summed E-state index contributed by atoms with van der Waals surface area (Å²) in [6, 6.07) is 7.56. The van der Waals surface area contributed by atoms with Crippen LogP contribution < -0.4 is 5.43 Å². The molecule has 21 heavy (non-hydrogen) atoms. The van der Waals surface area contributed by atoms with E-state index in [1.165, 1.54) is 12.1 Å². The molecule has 1 aromatic heterocycles. The number of carbonyl (C=O) groups excluding carboxylic acids is 1. The lowest BCUT2D eigenvalue weighted by Crippen LogP contribution is -2.19. The van der Waals surface area contributed by atoms with E-state index in [1.54, 1.807) is 31.3 Å². The molecule has 0 unspecified atom stereocenters. The first kappa shape index (κ1) is 14.9. The van der Waals surface area contributed by atoms with Crippen LogP contribution in [0.5, 0.6) is 0 Å². The van der Waals surface area contributed by atoms with E-state index in [1.807, 2.05) is 0 Å². The molecule has 2 N–H and O–H groups in total. The van der Waals surface area contributed by atoms with Gasteiger partial charge in [0.05, 0.1) is 10.6 Å². The zero-order chi connectivity index (χ0) is 15.4. The second-order valence-electron chi connectivity index (χ2n) is 4.17. The molecular weight excluding hydrogens is 340 g/mol. The number of carbonyl (C=O) groups is 1. The van der Waals surface area contributed by atoms with Crippen LogP contribution in [-0.2, 0) is 0 Å². The van der Waals surface area contributed by atoms with E-state index in [-0.39, 0.29) is 11.6 Å². The Hall–Kier alpha value is -2.48. The molecule has 1 aromatic carbocycles. The fourth-order valence-electron chi connectivity index (χ4n) is 1.58. The number of hydrogen-bond donors (Lipinski definition) is 2. The van der Waals surface area contributed by atoms with Crippen molar-refractivity contribution in [2.75, 3.05) is 0 Å². The van der Waals surface area contributed by atoms with Crippen molar-refractivity contribution in [2.24, 2.45) is 5.10 Å². The van der Waals surface area contributed by atoms with Crippen molar-refractivity contribution >= 4 is 33.2 Å². The van der Waals surface area contributed by atoms with Crippen LogP contribution >= 0.6 is 15.9 Å². The maximum absolute atomic E-state index is 11.8. The van der Waals surface area contributed by atoms with Gasteiger partial charge in [0.25, 0.3) is 11.6 Å². The number of non-ortho nitro benzene ring substituents is 1. The van der Waals surface area contributed by atoms with Crippen molar-refractivity contribution in [3.05, 3.63) is 62.4 Å². The highest BCUT2D eigenvalue weighted by Gasteiger charge is 2.08. The van der Waals surface area contributed by atoms with E-state index in [9.17, 15) is 14.9 Å². The van der Waals surface area contributed by atoms with Crippen molar-refractivity contribution in [1.29, 1.82) is 0 Å². The van der Waals surface area contributed by atoms with Crippen LogP contribution in [0.15, 0.2) is 46.1 Å². The Morgan fingerprint density at radius 1 is 1.38 bits per heavy atom. The van der Waals surface area contributed by atoms with E-state index in [2.05, 4.69) is 31.4 Å². The third-order valence-corrected chi connectivity index (χ3v) is 3.17. The number of halogens is 1. The first-order valence-electron chi connectivity index (χ1n) is 5.91. The maximum Gasteiger partial charge on any atom is 0.287 e. The molecule has 7 nitrogen and oxygen atoms in total. The Morgan fingerprint density at radius 3 is 2.57 bits per heavy atom. The fourth-order valence-corrected chi connectivity index (χ4v) is 1.93. The molecule has 2 aromatic rings. The van der Waals surface area contributed by atoms with E-state index in [0.717, 1.165) is 4.47 Å². The summed E-state index contributed by atoms with van der Waals surface area (Å²) in [7, 11) is 0. The highest BCUT2D eigenvalue weighted by molar-refractivity contribution is 9.10. The topological polar surface area (TPSA) is 100 Å². The van der Waals surface area contributed by atoms with E-state index in [0.29, 0.717) is 17.0 Å². The van der Waals surface area contributed by atoms with Crippen molar-refractivity contribution in [1.82, 2.24) is 10.4 Å². The van der Waals surface area contributed by atoms with Crippen LogP contribution in [0.3, 0.4) is 0 Å². The molecule has 1 heterocycles. The van der Waals surface area contributed by atoms with Gasteiger partial charge in [0.2, 0.25) is 0 Å². The maximum atomic E-state index is 11.8. The number of amides is 1. The molecule has 0 radical (unpaired) electrons. The molecule has 1 amide bonds. The number of rotatable bonds is 4. The molecule has 0 atom stereocenters. The molecule has 2 rings (SSSR count). The van der Waals surface area contributed by atoms with Gasteiger partial charge in [-0.3, -0.25) is 14.9 Å². The van der Waals surface area contributed by atoms with Crippen LogP contribution in [0.2, 0.25) is 0 Å². The van der Waals surface area contributed by atoms with E-state index < -0.39 is 4.92 Å². The number of nitro groups is 1. The third kappa shape index (κ3) is 3.76. The predicted octanol–water partition coefficient (Wildman–Crippen LogP) is 2.84. The third-order valence-electron chi connectivity index (χ3n) is 2.71. The number of nitrogens with zero attached hydrogens (tertiary/aromatic N) is 2. The SMILES string of the molecule is C/C(=N/NC(=O)c1cc(Br)c[nH]1)c1ccc([N+](=O)[O-])cc1. The average molecular weight is 351 g/mol. The number of hydrogen-bond acceptors (Lipinski definition) is 4. The lowest BCUT2D eigenvalue weighted by Gasteiger charge is -2.02. The molecular formula is C13H11BrN4O3. The van der Waals surface area contributed by atoms with Crippen molar-refractivity contribution in [2.45, 2.75) is 6.92 Å². The fraction of sp³-hybridized carbons (Fsp3) is 0.0769. The summed E-state index contributed by atoms with van der Waals surface area (Å²) in [6.07, 6.45) is 1.64. The number of aromatic amines is 1. The zero-order valence-corrected chi connectivity index (χ0v) is 12.5. The minimum Gasteiger partial charge on any atom is -0.356 e. The quantitative estimate of drug-likeness (QED) is 0.503. The molecule has 0 bridgehead atoms. The van der Waals surface area contributed by atoms with Gasteiger partial charge in [-0.1, -0.05) is 0 Å². The van der Waals surface area contributed by atoms with Gasteiger partial charge in [-0.25, -0.2) is 5.43 Å². The standard InChI is InChI=1S/C13H11BrN4O3/c1-8(9-2-4-11(5-3-9)18(20)21)16-17-13(19)12-6-10(14)7-15-12/h2-7,15H,1H3,(H,17,19)/b16-8-. The van der Waals surface area contributed by atoms with Crippen LogP contribution in [-0.4, -0.2) is 21.5 Å². The van der Waals surface area contributed by atoms with E-state index in [4.69, 9.17) is 0 Å². The summed E-state index contributed by atoms with van der Waals surface area (Å²) >= 11 is 3.23. The minimum absolute atomic E-state index is 0.00632. The Labute approximate surface area is 128 Å². The summed E-state index contributed by atoms with van der Waals surface area (Å²) in [5.41, 5.74) is 4.03. The number of H-pyrrole nitrogens is 1.